The van der Waals surface area contributed by atoms with Crippen molar-refractivity contribution >= 4 is 5.97 Å². The highest BCUT2D eigenvalue weighted by atomic mass is 19.1. The van der Waals surface area contributed by atoms with E-state index in [-0.39, 0.29) is 11.3 Å². The molecule has 3 nitrogen and oxygen atoms in total. The molecular formula is C14H11FO3. The van der Waals surface area contributed by atoms with Gasteiger partial charge < -0.3 is 9.84 Å². The molecule has 0 saturated carbocycles. The average Bonchev–Trinajstić information content (AvgIpc) is 2.34. The predicted octanol–water partition coefficient (Wildman–Crippen LogP) is 3.62. The van der Waals surface area contributed by atoms with Crippen LogP contribution in [0.5, 0.6) is 11.5 Å². The van der Waals surface area contributed by atoms with Crippen molar-refractivity contribution < 1.29 is 19.0 Å². The minimum atomic E-state index is -1.17. The van der Waals surface area contributed by atoms with Crippen LogP contribution in [0.1, 0.15) is 15.9 Å². The van der Waals surface area contributed by atoms with Crippen LogP contribution in [0.3, 0.4) is 0 Å². The molecule has 2 aromatic rings. The highest BCUT2D eigenvalue weighted by Crippen LogP contribution is 2.27. The molecule has 1 N–H and O–H groups in total. The number of carbonyl (C=O) groups is 1. The van der Waals surface area contributed by atoms with Gasteiger partial charge in [0, 0.05) is 0 Å². The van der Waals surface area contributed by atoms with Crippen molar-refractivity contribution in [1.29, 1.82) is 0 Å². The Morgan fingerprint density at radius 2 is 1.89 bits per heavy atom. The Labute approximate surface area is 103 Å². The van der Waals surface area contributed by atoms with E-state index in [4.69, 9.17) is 9.84 Å². The first-order valence-electron chi connectivity index (χ1n) is 5.34. The Hall–Kier alpha value is -2.36. The van der Waals surface area contributed by atoms with Gasteiger partial charge in [0.2, 0.25) is 0 Å². The van der Waals surface area contributed by atoms with E-state index >= 15 is 0 Å². The van der Waals surface area contributed by atoms with Crippen LogP contribution in [0.15, 0.2) is 42.5 Å². The number of hydrogen-bond donors (Lipinski definition) is 1. The first-order valence-corrected chi connectivity index (χ1v) is 5.34. The van der Waals surface area contributed by atoms with Gasteiger partial charge in [-0.2, -0.15) is 0 Å². The first-order chi connectivity index (χ1) is 8.58. The lowest BCUT2D eigenvalue weighted by Gasteiger charge is -2.09. The van der Waals surface area contributed by atoms with Gasteiger partial charge in [0.25, 0.3) is 0 Å². The molecule has 0 unspecified atom stereocenters. The molecule has 4 heteroatoms. The smallest absolute Gasteiger partial charge is 0.335 e. The second-order valence-electron chi connectivity index (χ2n) is 3.82. The third kappa shape index (κ3) is 2.48. The van der Waals surface area contributed by atoms with Crippen molar-refractivity contribution in [2.24, 2.45) is 0 Å². The largest absolute Gasteiger partial charge is 0.478 e. The van der Waals surface area contributed by atoms with E-state index in [1.807, 2.05) is 19.1 Å². The number of benzene rings is 2. The molecule has 2 rings (SSSR count). The summed E-state index contributed by atoms with van der Waals surface area (Å²) >= 11 is 0. The molecule has 0 heterocycles. The molecule has 0 aromatic heterocycles. The van der Waals surface area contributed by atoms with Gasteiger partial charge in [-0.15, -0.1) is 0 Å². The quantitative estimate of drug-likeness (QED) is 0.899. The lowest BCUT2D eigenvalue weighted by atomic mass is 10.2. The average molecular weight is 246 g/mol. The summed E-state index contributed by atoms with van der Waals surface area (Å²) in [5.41, 5.74) is 0.767. The fourth-order valence-electron chi connectivity index (χ4n) is 1.51. The van der Waals surface area contributed by atoms with E-state index < -0.39 is 11.8 Å². The van der Waals surface area contributed by atoms with E-state index in [2.05, 4.69) is 0 Å². The lowest BCUT2D eigenvalue weighted by Crippen LogP contribution is -1.98. The molecule has 0 amide bonds. The van der Waals surface area contributed by atoms with Crippen molar-refractivity contribution in [3.63, 3.8) is 0 Å². The summed E-state index contributed by atoms with van der Waals surface area (Å²) in [6.45, 7) is 1.85. The molecule has 0 saturated heterocycles. The Morgan fingerprint density at radius 3 is 2.50 bits per heavy atom. The number of rotatable bonds is 3. The van der Waals surface area contributed by atoms with Crippen LogP contribution >= 0.6 is 0 Å². The normalized spacial score (nSPS) is 10.1. The molecule has 92 valence electrons. The summed E-state index contributed by atoms with van der Waals surface area (Å²) in [4.78, 5) is 10.7. The highest BCUT2D eigenvalue weighted by Gasteiger charge is 2.10. The summed E-state index contributed by atoms with van der Waals surface area (Å²) in [6.07, 6.45) is 0. The molecule has 0 spiro atoms. The second kappa shape index (κ2) is 4.87. The maximum absolute atomic E-state index is 13.6. The van der Waals surface area contributed by atoms with E-state index in [0.29, 0.717) is 5.75 Å². The van der Waals surface area contributed by atoms with Crippen LogP contribution in [0, 0.1) is 12.7 Å². The highest BCUT2D eigenvalue weighted by molar-refractivity contribution is 5.87. The maximum atomic E-state index is 13.6. The number of aryl methyl sites for hydroxylation is 1. The Balaban J connectivity index is 2.30. The van der Waals surface area contributed by atoms with Crippen molar-refractivity contribution in [1.82, 2.24) is 0 Å². The topological polar surface area (TPSA) is 46.5 Å². The first kappa shape index (κ1) is 12.1. The monoisotopic (exact) mass is 246 g/mol. The summed E-state index contributed by atoms with van der Waals surface area (Å²) < 4.78 is 19.0. The third-order valence-corrected chi connectivity index (χ3v) is 2.49. The van der Waals surface area contributed by atoms with Crippen LogP contribution in [-0.4, -0.2) is 11.1 Å². The molecule has 0 aliphatic heterocycles. The molecule has 2 aromatic carbocycles. The number of aromatic carboxylic acids is 1. The number of ether oxygens (including phenoxy) is 1. The minimum Gasteiger partial charge on any atom is -0.478 e. The van der Waals surface area contributed by atoms with Crippen molar-refractivity contribution in [2.45, 2.75) is 6.92 Å². The summed E-state index contributed by atoms with van der Waals surface area (Å²) in [5.74, 6) is -1.32. The van der Waals surface area contributed by atoms with Crippen molar-refractivity contribution in [3.05, 3.63) is 59.4 Å². The minimum absolute atomic E-state index is 0.00861. The molecular weight excluding hydrogens is 235 g/mol. The van der Waals surface area contributed by atoms with Crippen LogP contribution in [-0.2, 0) is 0 Å². The number of para-hydroxylation sites is 1. The zero-order valence-electron chi connectivity index (χ0n) is 9.68. The number of carboxylic acids is 1. The predicted molar refractivity (Wildman–Crippen MR) is 64.6 cm³/mol. The van der Waals surface area contributed by atoms with Gasteiger partial charge >= 0.3 is 5.97 Å². The van der Waals surface area contributed by atoms with Crippen molar-refractivity contribution in [3.8, 4) is 11.5 Å². The zero-order valence-corrected chi connectivity index (χ0v) is 9.68. The van der Waals surface area contributed by atoms with Gasteiger partial charge in [-0.3, -0.25) is 0 Å². The Morgan fingerprint density at radius 1 is 1.17 bits per heavy atom. The standard InChI is InChI=1S/C14H11FO3/c1-9-4-2-3-5-12(9)18-13-7-6-10(14(16)17)8-11(13)15/h2-8H,1H3,(H,16,17). The third-order valence-electron chi connectivity index (χ3n) is 2.49. The van der Waals surface area contributed by atoms with Crippen LogP contribution in [0.4, 0.5) is 4.39 Å². The molecule has 0 fully saturated rings. The zero-order chi connectivity index (χ0) is 13.1. The van der Waals surface area contributed by atoms with Gasteiger partial charge in [0.15, 0.2) is 11.6 Å². The SMILES string of the molecule is Cc1ccccc1Oc1ccc(C(=O)O)cc1F. The van der Waals surface area contributed by atoms with Gasteiger partial charge in [-0.05, 0) is 36.8 Å². The van der Waals surface area contributed by atoms with Crippen LogP contribution in [0.25, 0.3) is 0 Å². The van der Waals surface area contributed by atoms with E-state index in [1.165, 1.54) is 12.1 Å². The number of halogens is 1. The lowest BCUT2D eigenvalue weighted by molar-refractivity contribution is 0.0696. The summed E-state index contributed by atoms with van der Waals surface area (Å²) in [6, 6.07) is 10.8. The van der Waals surface area contributed by atoms with Gasteiger partial charge in [0.05, 0.1) is 5.56 Å². The molecule has 0 atom stereocenters. The van der Waals surface area contributed by atoms with Crippen molar-refractivity contribution in [2.75, 3.05) is 0 Å². The van der Waals surface area contributed by atoms with Gasteiger partial charge in [-0.1, -0.05) is 18.2 Å². The molecule has 0 aliphatic rings. The van der Waals surface area contributed by atoms with Crippen LogP contribution < -0.4 is 4.74 Å². The fourth-order valence-corrected chi connectivity index (χ4v) is 1.51. The number of carboxylic acid groups (broad SMARTS) is 1. The Bertz CT molecular complexity index is 593. The Kier molecular flexibility index (Phi) is 3.28. The van der Waals surface area contributed by atoms with Gasteiger partial charge in [0.1, 0.15) is 5.75 Å². The van der Waals surface area contributed by atoms with E-state index in [0.717, 1.165) is 11.6 Å². The summed E-state index contributed by atoms with van der Waals surface area (Å²) in [5, 5.41) is 8.73. The fraction of sp³-hybridized carbons (Fsp3) is 0.0714. The second-order valence-corrected chi connectivity index (χ2v) is 3.82. The number of hydrogen-bond acceptors (Lipinski definition) is 2. The molecule has 0 bridgehead atoms. The van der Waals surface area contributed by atoms with Crippen LogP contribution in [0.2, 0.25) is 0 Å². The summed E-state index contributed by atoms with van der Waals surface area (Å²) in [7, 11) is 0. The van der Waals surface area contributed by atoms with E-state index in [1.54, 1.807) is 12.1 Å². The maximum Gasteiger partial charge on any atom is 0.335 e. The van der Waals surface area contributed by atoms with E-state index in [9.17, 15) is 9.18 Å². The molecule has 18 heavy (non-hydrogen) atoms. The molecule has 0 radical (unpaired) electrons. The van der Waals surface area contributed by atoms with Gasteiger partial charge in [-0.25, -0.2) is 9.18 Å². The molecule has 0 aliphatic carbocycles.